The maximum atomic E-state index is 12.0. The highest BCUT2D eigenvalue weighted by Crippen LogP contribution is 2.32. The zero-order valence-corrected chi connectivity index (χ0v) is 13.1. The second-order valence-corrected chi connectivity index (χ2v) is 5.23. The Kier molecular flexibility index (Phi) is 4.99. The number of hydrogen-bond donors (Lipinski definition) is 0. The molecule has 0 fully saturated rings. The van der Waals surface area contributed by atoms with Gasteiger partial charge in [0.2, 0.25) is 0 Å². The van der Waals surface area contributed by atoms with Crippen LogP contribution in [0.15, 0.2) is 18.0 Å². The highest BCUT2D eigenvalue weighted by atomic mass is 16.5. The molecule has 1 aromatic heterocycles. The minimum atomic E-state index is -0.222. The van der Waals surface area contributed by atoms with Crippen LogP contribution in [0.5, 0.6) is 0 Å². The van der Waals surface area contributed by atoms with Gasteiger partial charge in [-0.2, -0.15) is 0 Å². The van der Waals surface area contributed by atoms with E-state index in [0.29, 0.717) is 13.0 Å². The summed E-state index contributed by atoms with van der Waals surface area (Å²) in [6.07, 6.45) is 7.75. The molecule has 4 heteroatoms. The Morgan fingerprint density at radius 3 is 2.57 bits per heavy atom. The van der Waals surface area contributed by atoms with E-state index < -0.39 is 0 Å². The Hall–Kier alpha value is -1.84. The zero-order valence-electron chi connectivity index (χ0n) is 13.1. The van der Waals surface area contributed by atoms with E-state index in [-0.39, 0.29) is 11.8 Å². The minimum absolute atomic E-state index is 0.155. The van der Waals surface area contributed by atoms with Crippen LogP contribution in [0.1, 0.15) is 62.4 Å². The number of ketones is 1. The fraction of sp³-hybridized carbons (Fsp3) is 0.529. The van der Waals surface area contributed by atoms with Gasteiger partial charge in [-0.3, -0.25) is 4.79 Å². The van der Waals surface area contributed by atoms with Crippen LogP contribution < -0.4 is 0 Å². The predicted octanol–water partition coefficient (Wildman–Crippen LogP) is 3.60. The van der Waals surface area contributed by atoms with Crippen LogP contribution in [0.25, 0.3) is 5.70 Å². The van der Waals surface area contributed by atoms with Crippen molar-refractivity contribution in [1.29, 1.82) is 0 Å². The first-order valence-corrected chi connectivity index (χ1v) is 7.75. The van der Waals surface area contributed by atoms with Gasteiger partial charge in [0.05, 0.1) is 12.2 Å². The summed E-state index contributed by atoms with van der Waals surface area (Å²) in [6, 6.07) is 0. The second kappa shape index (κ2) is 6.74. The Balaban J connectivity index is 2.41. The molecule has 0 spiro atoms. The molecule has 114 valence electrons. The van der Waals surface area contributed by atoms with Crippen molar-refractivity contribution in [2.45, 2.75) is 52.9 Å². The lowest BCUT2D eigenvalue weighted by molar-refractivity contribution is -0.138. The summed E-state index contributed by atoms with van der Waals surface area (Å²) in [6.45, 7) is 6.12. The third-order valence-electron chi connectivity index (χ3n) is 3.93. The van der Waals surface area contributed by atoms with E-state index in [4.69, 9.17) is 4.74 Å². The molecule has 0 radical (unpaired) electrons. The van der Waals surface area contributed by atoms with Gasteiger partial charge in [-0.15, -0.1) is 0 Å². The summed E-state index contributed by atoms with van der Waals surface area (Å²) in [5.74, 6) is -0.0676. The third kappa shape index (κ3) is 3.09. The maximum Gasteiger partial charge on any atom is 0.335 e. The van der Waals surface area contributed by atoms with Crippen LogP contribution in [0, 0.1) is 0 Å². The van der Waals surface area contributed by atoms with Gasteiger partial charge < -0.3 is 9.30 Å². The van der Waals surface area contributed by atoms with Crippen LogP contribution in [0.4, 0.5) is 0 Å². The Morgan fingerprint density at radius 2 is 1.95 bits per heavy atom. The van der Waals surface area contributed by atoms with Crippen molar-refractivity contribution >= 4 is 17.4 Å². The van der Waals surface area contributed by atoms with Gasteiger partial charge in [0.25, 0.3) is 0 Å². The summed E-state index contributed by atoms with van der Waals surface area (Å²) in [5.41, 5.74) is 3.57. The number of rotatable bonds is 6. The molecule has 1 aromatic rings. The van der Waals surface area contributed by atoms with Gasteiger partial charge in [0, 0.05) is 30.1 Å². The Labute approximate surface area is 125 Å². The Bertz CT molecular complexity index is 581. The van der Waals surface area contributed by atoms with E-state index in [9.17, 15) is 9.59 Å². The molecule has 2 rings (SSSR count). The SMILES string of the molecule is CCOC(=O)C1=C(n2cc(CC)c(C(=O)CC)c2)CCC1. The van der Waals surface area contributed by atoms with Crippen LogP contribution in [0.3, 0.4) is 0 Å². The lowest BCUT2D eigenvalue weighted by atomic mass is 10.1. The van der Waals surface area contributed by atoms with Gasteiger partial charge in [-0.25, -0.2) is 4.79 Å². The van der Waals surface area contributed by atoms with Crippen molar-refractivity contribution in [3.63, 3.8) is 0 Å². The van der Waals surface area contributed by atoms with Crippen molar-refractivity contribution in [2.75, 3.05) is 6.61 Å². The van der Waals surface area contributed by atoms with E-state index in [0.717, 1.165) is 48.1 Å². The van der Waals surface area contributed by atoms with Gasteiger partial charge >= 0.3 is 5.97 Å². The molecule has 1 aliphatic rings. The van der Waals surface area contributed by atoms with Crippen molar-refractivity contribution < 1.29 is 14.3 Å². The van der Waals surface area contributed by atoms with Crippen molar-refractivity contribution in [2.24, 2.45) is 0 Å². The van der Waals surface area contributed by atoms with E-state index >= 15 is 0 Å². The normalized spacial score (nSPS) is 14.6. The lowest BCUT2D eigenvalue weighted by Gasteiger charge is -2.08. The predicted molar refractivity (Wildman–Crippen MR) is 82.1 cm³/mol. The van der Waals surface area contributed by atoms with E-state index in [1.165, 1.54) is 0 Å². The summed E-state index contributed by atoms with van der Waals surface area (Å²) in [4.78, 5) is 24.0. The fourth-order valence-electron chi connectivity index (χ4n) is 2.83. The molecule has 0 saturated carbocycles. The number of Topliss-reactive ketones (excluding diaryl/α,β-unsaturated/α-hetero) is 1. The number of allylic oxidation sites excluding steroid dienone is 1. The number of nitrogens with zero attached hydrogens (tertiary/aromatic N) is 1. The van der Waals surface area contributed by atoms with Crippen LogP contribution >= 0.6 is 0 Å². The van der Waals surface area contributed by atoms with Gasteiger partial charge in [-0.1, -0.05) is 13.8 Å². The standard InChI is InChI=1S/C17H23NO3/c1-4-12-10-18(11-14(12)16(19)5-2)15-9-7-8-13(15)17(20)21-6-3/h10-11H,4-9H2,1-3H3. The number of aryl methyl sites for hydroxylation is 1. The molecule has 0 atom stereocenters. The quantitative estimate of drug-likeness (QED) is 0.594. The molecule has 4 nitrogen and oxygen atoms in total. The number of hydrogen-bond acceptors (Lipinski definition) is 3. The molecule has 0 unspecified atom stereocenters. The molecule has 1 aliphatic carbocycles. The average Bonchev–Trinajstić information content (AvgIpc) is 3.12. The number of aromatic nitrogens is 1. The van der Waals surface area contributed by atoms with Crippen LogP contribution in [-0.4, -0.2) is 22.9 Å². The topological polar surface area (TPSA) is 48.3 Å². The number of carbonyl (C=O) groups is 2. The maximum absolute atomic E-state index is 12.0. The van der Waals surface area contributed by atoms with Crippen LogP contribution in [0.2, 0.25) is 0 Å². The smallest absolute Gasteiger partial charge is 0.335 e. The van der Waals surface area contributed by atoms with Crippen molar-refractivity contribution in [3.05, 3.63) is 29.1 Å². The number of esters is 1. The highest BCUT2D eigenvalue weighted by molar-refractivity contribution is 5.98. The first-order chi connectivity index (χ1) is 10.1. The molecule has 0 amide bonds. The number of ether oxygens (including phenoxy) is 1. The molecule has 0 saturated heterocycles. The molecule has 0 aliphatic heterocycles. The van der Waals surface area contributed by atoms with Crippen LogP contribution in [-0.2, 0) is 16.0 Å². The third-order valence-corrected chi connectivity index (χ3v) is 3.93. The van der Waals surface area contributed by atoms with E-state index in [1.54, 1.807) is 0 Å². The van der Waals surface area contributed by atoms with Gasteiger partial charge in [0.15, 0.2) is 5.78 Å². The zero-order chi connectivity index (χ0) is 15.4. The van der Waals surface area contributed by atoms with Crippen molar-refractivity contribution in [3.8, 4) is 0 Å². The summed E-state index contributed by atoms with van der Waals surface area (Å²) >= 11 is 0. The number of carbonyl (C=O) groups excluding carboxylic acids is 2. The lowest BCUT2D eigenvalue weighted by Crippen LogP contribution is -2.08. The average molecular weight is 289 g/mol. The van der Waals surface area contributed by atoms with Gasteiger partial charge in [-0.05, 0) is 38.2 Å². The van der Waals surface area contributed by atoms with Gasteiger partial charge in [0.1, 0.15) is 0 Å². The first kappa shape index (κ1) is 15.5. The molecule has 21 heavy (non-hydrogen) atoms. The largest absolute Gasteiger partial charge is 0.463 e. The highest BCUT2D eigenvalue weighted by Gasteiger charge is 2.24. The molecule has 0 bridgehead atoms. The first-order valence-electron chi connectivity index (χ1n) is 7.75. The second-order valence-electron chi connectivity index (χ2n) is 5.23. The van der Waals surface area contributed by atoms with E-state index in [1.807, 2.05) is 37.7 Å². The molecular formula is C17H23NO3. The molecular weight excluding hydrogens is 266 g/mol. The molecule has 1 heterocycles. The van der Waals surface area contributed by atoms with E-state index in [2.05, 4.69) is 0 Å². The monoisotopic (exact) mass is 289 g/mol. The summed E-state index contributed by atoms with van der Waals surface area (Å²) < 4.78 is 7.09. The van der Waals surface area contributed by atoms with Crippen molar-refractivity contribution in [1.82, 2.24) is 4.57 Å². The molecule has 0 aromatic carbocycles. The summed E-state index contributed by atoms with van der Waals surface area (Å²) in [5, 5.41) is 0. The molecule has 0 N–H and O–H groups in total. The summed E-state index contributed by atoms with van der Waals surface area (Å²) in [7, 11) is 0. The minimum Gasteiger partial charge on any atom is -0.463 e. The Morgan fingerprint density at radius 1 is 1.19 bits per heavy atom. The fourth-order valence-corrected chi connectivity index (χ4v) is 2.83.